The number of fused-ring (bicyclic) bond motifs is 2. The average molecular weight is 368 g/mol. The molecule has 0 atom stereocenters. The van der Waals surface area contributed by atoms with Crippen molar-refractivity contribution in [2.45, 2.75) is 19.9 Å². The Balaban J connectivity index is 1.47. The maximum absolute atomic E-state index is 4.57. The van der Waals surface area contributed by atoms with E-state index in [1.54, 1.807) is 6.33 Å². The summed E-state index contributed by atoms with van der Waals surface area (Å²) in [7, 11) is 0. The lowest BCUT2D eigenvalue weighted by molar-refractivity contribution is 0.712. The predicted octanol–water partition coefficient (Wildman–Crippen LogP) is 4.43. The second-order valence-electron chi connectivity index (χ2n) is 6.78. The zero-order valence-corrected chi connectivity index (χ0v) is 15.6. The highest BCUT2D eigenvalue weighted by atomic mass is 15.3. The number of hydrogen-bond acceptors (Lipinski definition) is 4. The molecule has 0 aliphatic rings. The van der Waals surface area contributed by atoms with E-state index in [-0.39, 0.29) is 0 Å². The third kappa shape index (κ3) is 2.89. The highest BCUT2D eigenvalue weighted by molar-refractivity contribution is 5.85. The smallest absolute Gasteiger partial charge is 0.158 e. The van der Waals surface area contributed by atoms with Crippen molar-refractivity contribution in [3.05, 3.63) is 84.4 Å². The Labute approximate surface area is 162 Å². The molecule has 2 aromatic carbocycles. The monoisotopic (exact) mass is 368 g/mol. The molecule has 0 aliphatic heterocycles. The third-order valence-electron chi connectivity index (χ3n) is 5.00. The first-order valence-corrected chi connectivity index (χ1v) is 9.39. The van der Waals surface area contributed by atoms with E-state index in [0.717, 1.165) is 40.9 Å². The molecule has 3 aromatic heterocycles. The molecule has 0 saturated carbocycles. The van der Waals surface area contributed by atoms with Crippen LogP contribution in [0.15, 0.2) is 73.3 Å². The lowest BCUT2D eigenvalue weighted by Gasteiger charge is -2.09. The van der Waals surface area contributed by atoms with Crippen LogP contribution in [0.25, 0.3) is 16.4 Å². The topological polar surface area (TPSA) is 60.0 Å². The van der Waals surface area contributed by atoms with Gasteiger partial charge in [0, 0.05) is 17.3 Å². The number of rotatable bonds is 5. The molecule has 6 nitrogen and oxygen atoms in total. The standard InChI is InChI=1S/C22H20N6/c1-2-17-10-11-27-21(17)22(23-15-25-27)26-19-8-9-20-18(12-19)13-24-28(20)14-16-6-4-3-5-7-16/h3-13,15H,2,14H2,1H3,(H,23,25,26). The highest BCUT2D eigenvalue weighted by Gasteiger charge is 2.10. The van der Waals surface area contributed by atoms with Crippen LogP contribution in [0.4, 0.5) is 11.5 Å². The summed E-state index contributed by atoms with van der Waals surface area (Å²) >= 11 is 0. The quantitative estimate of drug-likeness (QED) is 0.498. The van der Waals surface area contributed by atoms with Crippen molar-refractivity contribution in [1.29, 1.82) is 0 Å². The molecule has 0 unspecified atom stereocenters. The predicted molar refractivity (Wildman–Crippen MR) is 111 cm³/mol. The summed E-state index contributed by atoms with van der Waals surface area (Å²) in [5.41, 5.74) is 5.57. The van der Waals surface area contributed by atoms with E-state index in [1.165, 1.54) is 11.1 Å². The normalized spacial score (nSPS) is 11.3. The number of nitrogens with one attached hydrogen (secondary N) is 1. The van der Waals surface area contributed by atoms with E-state index in [2.05, 4.69) is 76.0 Å². The molecule has 3 heterocycles. The van der Waals surface area contributed by atoms with Crippen molar-refractivity contribution in [2.75, 3.05) is 5.32 Å². The largest absolute Gasteiger partial charge is 0.338 e. The van der Waals surface area contributed by atoms with Gasteiger partial charge in [0.25, 0.3) is 0 Å². The fourth-order valence-electron chi connectivity index (χ4n) is 3.58. The molecule has 28 heavy (non-hydrogen) atoms. The number of aromatic nitrogens is 5. The summed E-state index contributed by atoms with van der Waals surface area (Å²) in [5, 5.41) is 13.4. The Hall–Kier alpha value is -3.67. The van der Waals surface area contributed by atoms with E-state index in [4.69, 9.17) is 0 Å². The highest BCUT2D eigenvalue weighted by Crippen LogP contribution is 2.26. The number of nitrogens with zero attached hydrogens (tertiary/aromatic N) is 5. The summed E-state index contributed by atoms with van der Waals surface area (Å²) in [4.78, 5) is 4.46. The fraction of sp³-hybridized carbons (Fsp3) is 0.136. The van der Waals surface area contributed by atoms with Gasteiger partial charge in [0.1, 0.15) is 11.8 Å². The van der Waals surface area contributed by atoms with Crippen LogP contribution in [0.3, 0.4) is 0 Å². The molecule has 138 valence electrons. The second kappa shape index (κ2) is 6.81. The van der Waals surface area contributed by atoms with E-state index in [9.17, 15) is 0 Å². The van der Waals surface area contributed by atoms with Gasteiger partial charge in [-0.2, -0.15) is 10.2 Å². The fourth-order valence-corrected chi connectivity index (χ4v) is 3.58. The van der Waals surface area contributed by atoms with Gasteiger partial charge >= 0.3 is 0 Å². The number of hydrogen-bond donors (Lipinski definition) is 1. The summed E-state index contributed by atoms with van der Waals surface area (Å²) in [5.74, 6) is 0.813. The molecule has 1 N–H and O–H groups in total. The lowest BCUT2D eigenvalue weighted by Crippen LogP contribution is -2.02. The first kappa shape index (κ1) is 16.5. The zero-order valence-electron chi connectivity index (χ0n) is 15.6. The molecular weight excluding hydrogens is 348 g/mol. The minimum Gasteiger partial charge on any atom is -0.338 e. The molecule has 0 saturated heterocycles. The Bertz CT molecular complexity index is 1250. The third-order valence-corrected chi connectivity index (χ3v) is 5.00. The van der Waals surface area contributed by atoms with Crippen molar-refractivity contribution in [3.63, 3.8) is 0 Å². The first-order chi connectivity index (χ1) is 13.8. The van der Waals surface area contributed by atoms with Crippen molar-refractivity contribution >= 4 is 27.9 Å². The first-order valence-electron chi connectivity index (χ1n) is 9.39. The zero-order chi connectivity index (χ0) is 18.9. The van der Waals surface area contributed by atoms with Gasteiger partial charge in [0.2, 0.25) is 0 Å². The van der Waals surface area contributed by atoms with Crippen LogP contribution in [0.2, 0.25) is 0 Å². The Morgan fingerprint density at radius 1 is 1.00 bits per heavy atom. The van der Waals surface area contributed by atoms with Gasteiger partial charge in [-0.1, -0.05) is 37.3 Å². The molecule has 5 aromatic rings. The van der Waals surface area contributed by atoms with Crippen molar-refractivity contribution < 1.29 is 0 Å². The van der Waals surface area contributed by atoms with Crippen LogP contribution in [-0.2, 0) is 13.0 Å². The van der Waals surface area contributed by atoms with E-state index in [0.29, 0.717) is 0 Å². The van der Waals surface area contributed by atoms with Gasteiger partial charge in [-0.25, -0.2) is 9.50 Å². The van der Waals surface area contributed by atoms with E-state index in [1.807, 2.05) is 27.7 Å². The average Bonchev–Trinajstić information content (AvgIpc) is 3.33. The van der Waals surface area contributed by atoms with Gasteiger partial charge < -0.3 is 5.32 Å². The van der Waals surface area contributed by atoms with Crippen LogP contribution >= 0.6 is 0 Å². The number of benzene rings is 2. The van der Waals surface area contributed by atoms with Crippen LogP contribution in [0.5, 0.6) is 0 Å². The molecule has 5 rings (SSSR count). The van der Waals surface area contributed by atoms with Crippen molar-refractivity contribution in [2.24, 2.45) is 0 Å². The van der Waals surface area contributed by atoms with Crippen LogP contribution in [0.1, 0.15) is 18.1 Å². The number of aryl methyl sites for hydroxylation is 1. The van der Waals surface area contributed by atoms with Crippen LogP contribution in [-0.4, -0.2) is 24.4 Å². The van der Waals surface area contributed by atoms with Crippen LogP contribution < -0.4 is 5.32 Å². The minimum atomic E-state index is 0.758. The second-order valence-corrected chi connectivity index (χ2v) is 6.78. The maximum atomic E-state index is 4.57. The molecule has 0 spiro atoms. The summed E-state index contributed by atoms with van der Waals surface area (Å²) in [6.45, 7) is 2.90. The molecule has 0 radical (unpaired) electrons. The van der Waals surface area contributed by atoms with Crippen LogP contribution in [0, 0.1) is 0 Å². The number of anilines is 2. The molecule has 6 heteroatoms. The van der Waals surface area contributed by atoms with Gasteiger partial charge in [-0.05, 0) is 41.8 Å². The lowest BCUT2D eigenvalue weighted by atomic mass is 10.2. The Morgan fingerprint density at radius 2 is 1.89 bits per heavy atom. The summed E-state index contributed by atoms with van der Waals surface area (Å²) < 4.78 is 3.89. The Morgan fingerprint density at radius 3 is 2.75 bits per heavy atom. The molecule has 0 amide bonds. The minimum absolute atomic E-state index is 0.758. The summed E-state index contributed by atoms with van der Waals surface area (Å²) in [6.07, 6.45) is 6.39. The van der Waals surface area contributed by atoms with Crippen molar-refractivity contribution in [1.82, 2.24) is 24.4 Å². The van der Waals surface area contributed by atoms with Gasteiger partial charge in [-0.3, -0.25) is 4.68 Å². The van der Waals surface area contributed by atoms with Gasteiger partial charge in [0.15, 0.2) is 5.82 Å². The Kier molecular flexibility index (Phi) is 4.01. The van der Waals surface area contributed by atoms with Crippen molar-refractivity contribution in [3.8, 4) is 0 Å². The molecular formula is C22H20N6. The molecule has 0 fully saturated rings. The van der Waals surface area contributed by atoms with E-state index < -0.39 is 0 Å². The maximum Gasteiger partial charge on any atom is 0.158 e. The van der Waals surface area contributed by atoms with Gasteiger partial charge in [-0.15, -0.1) is 0 Å². The SMILES string of the molecule is CCc1ccn2ncnc(Nc3ccc4c(cnn4Cc4ccccc4)c3)c12. The van der Waals surface area contributed by atoms with Gasteiger partial charge in [0.05, 0.1) is 18.3 Å². The molecule has 0 aliphatic carbocycles. The van der Waals surface area contributed by atoms with E-state index >= 15 is 0 Å². The summed E-state index contributed by atoms with van der Waals surface area (Å²) in [6, 6.07) is 18.7. The molecule has 0 bridgehead atoms.